The topological polar surface area (TPSA) is 52.6 Å². The smallest absolute Gasteiger partial charge is 0.318 e. The number of nitrogens with zero attached hydrogens (tertiary/aromatic N) is 1. The predicted octanol–water partition coefficient (Wildman–Crippen LogP) is 2.14. The second kappa shape index (κ2) is 7.89. The molecule has 98 valence electrons. The van der Waals surface area contributed by atoms with Gasteiger partial charge < -0.3 is 15.3 Å². The van der Waals surface area contributed by atoms with Gasteiger partial charge >= 0.3 is 6.03 Å². The lowest BCUT2D eigenvalue weighted by Gasteiger charge is -2.20. The van der Waals surface area contributed by atoms with Crippen molar-refractivity contribution in [1.29, 1.82) is 0 Å². The Balaban J connectivity index is 2.53. The number of hydrogen-bond acceptors (Lipinski definition) is 2. The summed E-state index contributed by atoms with van der Waals surface area (Å²) >= 11 is 3.42. The summed E-state index contributed by atoms with van der Waals surface area (Å²) in [5, 5.41) is 11.7. The Hall–Kier alpha value is -1.33. The number of nitrogens with one attached hydrogen (secondary N) is 1. The van der Waals surface area contributed by atoms with Gasteiger partial charge in [-0.1, -0.05) is 40.2 Å². The van der Waals surface area contributed by atoms with Crippen LogP contribution in [-0.4, -0.2) is 35.7 Å². The molecule has 0 heterocycles. The molecule has 0 radical (unpaired) electrons. The van der Waals surface area contributed by atoms with E-state index in [1.54, 1.807) is 6.08 Å². The minimum absolute atomic E-state index is 0.0592. The molecule has 0 aromatic heterocycles. The van der Waals surface area contributed by atoms with E-state index in [1.807, 2.05) is 24.3 Å². The fourth-order valence-electron chi connectivity index (χ4n) is 1.48. The van der Waals surface area contributed by atoms with E-state index in [9.17, 15) is 4.79 Å². The quantitative estimate of drug-likeness (QED) is 0.791. The maximum absolute atomic E-state index is 11.8. The van der Waals surface area contributed by atoms with Gasteiger partial charge in [0.05, 0.1) is 6.61 Å². The molecule has 0 saturated heterocycles. The van der Waals surface area contributed by atoms with Gasteiger partial charge in [0.1, 0.15) is 0 Å². The van der Waals surface area contributed by atoms with E-state index in [0.717, 1.165) is 10.0 Å². The van der Waals surface area contributed by atoms with E-state index in [1.165, 1.54) is 4.90 Å². The molecule has 4 nitrogen and oxygen atoms in total. The van der Waals surface area contributed by atoms with Crippen molar-refractivity contribution in [2.24, 2.45) is 0 Å². The molecule has 2 N–H and O–H groups in total. The van der Waals surface area contributed by atoms with Gasteiger partial charge in [-0.2, -0.15) is 0 Å². The normalized spacial score (nSPS) is 9.89. The number of amides is 2. The first kappa shape index (κ1) is 14.7. The van der Waals surface area contributed by atoms with Gasteiger partial charge in [-0.15, -0.1) is 6.58 Å². The van der Waals surface area contributed by atoms with E-state index in [-0.39, 0.29) is 12.6 Å². The highest BCUT2D eigenvalue weighted by Crippen LogP contribution is 2.15. The molecule has 0 bridgehead atoms. The van der Waals surface area contributed by atoms with Gasteiger partial charge in [0.15, 0.2) is 0 Å². The van der Waals surface area contributed by atoms with Gasteiger partial charge in [0, 0.05) is 24.1 Å². The molecule has 2 amide bonds. The number of halogens is 1. The monoisotopic (exact) mass is 312 g/mol. The zero-order valence-corrected chi connectivity index (χ0v) is 11.7. The fourth-order valence-corrected chi connectivity index (χ4v) is 1.90. The number of hydrogen-bond donors (Lipinski definition) is 2. The van der Waals surface area contributed by atoms with Crippen molar-refractivity contribution in [2.75, 3.05) is 19.7 Å². The summed E-state index contributed by atoms with van der Waals surface area (Å²) in [7, 11) is 0. The summed E-state index contributed by atoms with van der Waals surface area (Å²) in [6, 6.07) is 7.50. The lowest BCUT2D eigenvalue weighted by Crippen LogP contribution is -2.41. The number of urea groups is 1. The van der Waals surface area contributed by atoms with Crippen LogP contribution in [0.5, 0.6) is 0 Å². The standard InChI is InChI=1S/C13H17BrN2O2/c1-2-7-16(8-9-17)13(18)15-10-11-5-3-4-6-12(11)14/h2-6,17H,1,7-10H2,(H,15,18). The van der Waals surface area contributed by atoms with Crippen LogP contribution in [0.2, 0.25) is 0 Å². The molecule has 0 spiro atoms. The molecule has 0 saturated carbocycles. The molecular formula is C13H17BrN2O2. The Bertz CT molecular complexity index is 410. The minimum atomic E-state index is -0.209. The zero-order valence-electron chi connectivity index (χ0n) is 10.1. The number of carbonyl (C=O) groups is 1. The van der Waals surface area contributed by atoms with Crippen molar-refractivity contribution in [3.63, 3.8) is 0 Å². The molecule has 0 aliphatic carbocycles. The third-order valence-electron chi connectivity index (χ3n) is 2.39. The van der Waals surface area contributed by atoms with Gasteiger partial charge in [-0.05, 0) is 11.6 Å². The second-order valence-electron chi connectivity index (χ2n) is 3.71. The molecular weight excluding hydrogens is 296 g/mol. The number of benzene rings is 1. The van der Waals surface area contributed by atoms with E-state index in [4.69, 9.17) is 5.11 Å². The Morgan fingerprint density at radius 1 is 1.50 bits per heavy atom. The molecule has 1 aromatic carbocycles. The second-order valence-corrected chi connectivity index (χ2v) is 4.56. The van der Waals surface area contributed by atoms with E-state index < -0.39 is 0 Å². The molecule has 18 heavy (non-hydrogen) atoms. The highest BCUT2D eigenvalue weighted by molar-refractivity contribution is 9.10. The molecule has 0 fully saturated rings. The summed E-state index contributed by atoms with van der Waals surface area (Å²) in [5.41, 5.74) is 1.01. The molecule has 0 aliphatic heterocycles. The van der Waals surface area contributed by atoms with Gasteiger partial charge in [0.25, 0.3) is 0 Å². The summed E-state index contributed by atoms with van der Waals surface area (Å²) in [6.07, 6.45) is 1.63. The highest BCUT2D eigenvalue weighted by atomic mass is 79.9. The number of rotatable bonds is 6. The Morgan fingerprint density at radius 2 is 2.22 bits per heavy atom. The third-order valence-corrected chi connectivity index (χ3v) is 3.17. The largest absolute Gasteiger partial charge is 0.395 e. The third kappa shape index (κ3) is 4.50. The maximum atomic E-state index is 11.8. The molecule has 5 heteroatoms. The SMILES string of the molecule is C=CCN(CCO)C(=O)NCc1ccccc1Br. The lowest BCUT2D eigenvalue weighted by molar-refractivity contribution is 0.183. The minimum Gasteiger partial charge on any atom is -0.395 e. The Morgan fingerprint density at radius 3 is 2.83 bits per heavy atom. The van der Waals surface area contributed by atoms with Gasteiger partial charge in [0.2, 0.25) is 0 Å². The number of carbonyl (C=O) groups excluding carboxylic acids is 1. The number of aliphatic hydroxyl groups is 1. The Labute approximate surface area is 115 Å². The molecule has 0 atom stereocenters. The van der Waals surface area contributed by atoms with Gasteiger partial charge in [-0.25, -0.2) is 4.79 Å². The average molecular weight is 313 g/mol. The molecule has 1 aromatic rings. The Kier molecular flexibility index (Phi) is 6.46. The van der Waals surface area contributed by atoms with Crippen molar-refractivity contribution in [3.8, 4) is 0 Å². The lowest BCUT2D eigenvalue weighted by atomic mass is 10.2. The first-order valence-electron chi connectivity index (χ1n) is 5.67. The van der Waals surface area contributed by atoms with Crippen molar-refractivity contribution < 1.29 is 9.90 Å². The summed E-state index contributed by atoms with van der Waals surface area (Å²) in [4.78, 5) is 13.4. The van der Waals surface area contributed by atoms with E-state index in [2.05, 4.69) is 27.8 Å². The van der Waals surface area contributed by atoms with E-state index in [0.29, 0.717) is 19.6 Å². The van der Waals surface area contributed by atoms with Gasteiger partial charge in [-0.3, -0.25) is 0 Å². The van der Waals surface area contributed by atoms with Crippen LogP contribution < -0.4 is 5.32 Å². The summed E-state index contributed by atoms with van der Waals surface area (Å²) in [6.45, 7) is 4.69. The average Bonchev–Trinajstić information content (AvgIpc) is 2.37. The van der Waals surface area contributed by atoms with E-state index >= 15 is 0 Å². The van der Waals surface area contributed by atoms with Crippen LogP contribution in [-0.2, 0) is 6.54 Å². The van der Waals surface area contributed by atoms with Crippen molar-refractivity contribution in [1.82, 2.24) is 10.2 Å². The molecule has 0 unspecified atom stereocenters. The highest BCUT2D eigenvalue weighted by Gasteiger charge is 2.11. The molecule has 0 aliphatic rings. The van der Waals surface area contributed by atoms with Crippen LogP contribution in [0, 0.1) is 0 Å². The summed E-state index contributed by atoms with van der Waals surface area (Å²) in [5.74, 6) is 0. The van der Waals surface area contributed by atoms with Crippen molar-refractivity contribution in [2.45, 2.75) is 6.54 Å². The fraction of sp³-hybridized carbons (Fsp3) is 0.308. The first-order valence-corrected chi connectivity index (χ1v) is 6.46. The van der Waals surface area contributed by atoms with Crippen LogP contribution in [0.25, 0.3) is 0 Å². The van der Waals surface area contributed by atoms with Crippen LogP contribution in [0.15, 0.2) is 41.4 Å². The van der Waals surface area contributed by atoms with Crippen molar-refractivity contribution >= 4 is 22.0 Å². The maximum Gasteiger partial charge on any atom is 0.318 e. The zero-order chi connectivity index (χ0) is 13.4. The summed E-state index contributed by atoms with van der Waals surface area (Å²) < 4.78 is 0.961. The van der Waals surface area contributed by atoms with Crippen LogP contribution in [0.3, 0.4) is 0 Å². The first-order chi connectivity index (χ1) is 8.69. The number of aliphatic hydroxyl groups excluding tert-OH is 1. The predicted molar refractivity (Wildman–Crippen MR) is 75.2 cm³/mol. The molecule has 1 rings (SSSR count). The van der Waals surface area contributed by atoms with Crippen LogP contribution in [0.4, 0.5) is 4.79 Å². The van der Waals surface area contributed by atoms with Crippen LogP contribution in [0.1, 0.15) is 5.56 Å². The van der Waals surface area contributed by atoms with Crippen molar-refractivity contribution in [3.05, 3.63) is 47.0 Å². The van der Waals surface area contributed by atoms with Crippen LogP contribution >= 0.6 is 15.9 Å².